The number of amides is 1. The molecule has 146 valence electrons. The van der Waals surface area contributed by atoms with Gasteiger partial charge in [0.25, 0.3) is 5.91 Å². The first-order chi connectivity index (χ1) is 13.5. The molecule has 0 aliphatic carbocycles. The molecule has 0 atom stereocenters. The number of halogens is 1. The average molecular weight is 417 g/mol. The second kappa shape index (κ2) is 9.17. The first-order valence-electron chi connectivity index (χ1n) is 8.92. The summed E-state index contributed by atoms with van der Waals surface area (Å²) in [7, 11) is 1.57. The Morgan fingerprint density at radius 2 is 1.93 bits per heavy atom. The van der Waals surface area contributed by atoms with Gasteiger partial charge in [-0.05, 0) is 73.6 Å². The van der Waals surface area contributed by atoms with Gasteiger partial charge in [0.1, 0.15) is 11.5 Å². The molecule has 1 aliphatic rings. The van der Waals surface area contributed by atoms with E-state index in [9.17, 15) is 4.79 Å². The van der Waals surface area contributed by atoms with Crippen LogP contribution in [0.2, 0.25) is 5.02 Å². The van der Waals surface area contributed by atoms with Crippen molar-refractivity contribution in [1.82, 2.24) is 4.90 Å². The van der Waals surface area contributed by atoms with Gasteiger partial charge in [-0.3, -0.25) is 9.69 Å². The number of hydrogen-bond donors (Lipinski definition) is 0. The van der Waals surface area contributed by atoms with Crippen molar-refractivity contribution in [2.24, 2.45) is 4.99 Å². The molecule has 0 spiro atoms. The zero-order valence-corrected chi connectivity index (χ0v) is 17.5. The minimum Gasteiger partial charge on any atom is -0.495 e. The number of hydrogen-bond acceptors (Lipinski definition) is 5. The first kappa shape index (κ1) is 20.3. The third-order valence-corrected chi connectivity index (χ3v) is 5.35. The number of benzene rings is 2. The molecule has 0 saturated carbocycles. The van der Waals surface area contributed by atoms with Crippen molar-refractivity contribution in [2.45, 2.75) is 13.8 Å². The molecule has 1 fully saturated rings. The summed E-state index contributed by atoms with van der Waals surface area (Å²) in [6, 6.07) is 12.9. The monoisotopic (exact) mass is 416 g/mol. The number of likely N-dealkylation sites (N-methyl/N-ethyl adjacent to an activating group) is 1. The lowest BCUT2D eigenvalue weighted by Crippen LogP contribution is -2.28. The van der Waals surface area contributed by atoms with E-state index in [0.717, 1.165) is 17.0 Å². The fourth-order valence-corrected chi connectivity index (χ4v) is 4.02. The summed E-state index contributed by atoms with van der Waals surface area (Å²) in [6.07, 6.45) is 1.82. The minimum absolute atomic E-state index is 0.0656. The second-order valence-corrected chi connectivity index (χ2v) is 7.29. The van der Waals surface area contributed by atoms with Gasteiger partial charge in [0.15, 0.2) is 5.17 Å². The van der Waals surface area contributed by atoms with E-state index < -0.39 is 0 Å². The maximum Gasteiger partial charge on any atom is 0.266 e. The Bertz CT molecular complexity index is 926. The SMILES string of the molecule is CCOc1ccc(N=C2SC(=Cc3ccc(OC)c(Cl)c3)C(=O)N2CC)cc1. The van der Waals surface area contributed by atoms with Crippen LogP contribution in [0, 0.1) is 0 Å². The molecule has 2 aromatic carbocycles. The number of aliphatic imine (C=N–C) groups is 1. The zero-order valence-electron chi connectivity index (χ0n) is 15.9. The summed E-state index contributed by atoms with van der Waals surface area (Å²) in [6.45, 7) is 5.03. The van der Waals surface area contributed by atoms with Crippen LogP contribution in [0.5, 0.6) is 11.5 Å². The van der Waals surface area contributed by atoms with E-state index in [1.165, 1.54) is 11.8 Å². The molecule has 28 heavy (non-hydrogen) atoms. The standard InChI is InChI=1S/C21H21ClN2O3S/c1-4-24-20(25)19(13-14-6-11-18(26-3)17(22)12-14)28-21(24)23-15-7-9-16(10-8-15)27-5-2/h6-13H,4-5H2,1-3H3. The largest absolute Gasteiger partial charge is 0.495 e. The van der Waals surface area contributed by atoms with Gasteiger partial charge in [-0.25, -0.2) is 4.99 Å². The van der Waals surface area contributed by atoms with E-state index >= 15 is 0 Å². The molecule has 1 aliphatic heterocycles. The summed E-state index contributed by atoms with van der Waals surface area (Å²) in [5, 5.41) is 1.16. The summed E-state index contributed by atoms with van der Waals surface area (Å²) in [5.74, 6) is 1.33. The third kappa shape index (κ3) is 4.51. The number of ether oxygens (including phenoxy) is 2. The van der Waals surface area contributed by atoms with Crippen LogP contribution in [0.1, 0.15) is 19.4 Å². The number of thioether (sulfide) groups is 1. The van der Waals surface area contributed by atoms with Crippen molar-refractivity contribution < 1.29 is 14.3 Å². The normalized spacial score (nSPS) is 16.9. The molecular formula is C21H21ClN2O3S. The van der Waals surface area contributed by atoms with Crippen molar-refractivity contribution >= 4 is 46.2 Å². The smallest absolute Gasteiger partial charge is 0.266 e. The van der Waals surface area contributed by atoms with E-state index in [-0.39, 0.29) is 5.91 Å². The zero-order chi connectivity index (χ0) is 20.1. The topological polar surface area (TPSA) is 51.1 Å². The number of nitrogens with zero attached hydrogens (tertiary/aromatic N) is 2. The van der Waals surface area contributed by atoms with Crippen LogP contribution in [0.3, 0.4) is 0 Å². The molecule has 1 amide bonds. The Morgan fingerprint density at radius 1 is 1.18 bits per heavy atom. The fourth-order valence-electron chi connectivity index (χ4n) is 2.69. The molecule has 0 radical (unpaired) electrons. The number of carbonyl (C=O) groups is 1. The van der Waals surface area contributed by atoms with Crippen LogP contribution in [-0.2, 0) is 4.79 Å². The van der Waals surface area contributed by atoms with Gasteiger partial charge in [0.2, 0.25) is 0 Å². The molecular weight excluding hydrogens is 396 g/mol. The molecule has 1 heterocycles. The van der Waals surface area contributed by atoms with E-state index in [1.54, 1.807) is 24.1 Å². The van der Waals surface area contributed by atoms with Gasteiger partial charge in [-0.1, -0.05) is 17.7 Å². The minimum atomic E-state index is -0.0656. The van der Waals surface area contributed by atoms with Gasteiger partial charge in [-0.15, -0.1) is 0 Å². The Morgan fingerprint density at radius 3 is 2.54 bits per heavy atom. The van der Waals surface area contributed by atoms with Gasteiger partial charge < -0.3 is 9.47 Å². The fraction of sp³-hybridized carbons (Fsp3) is 0.238. The number of rotatable bonds is 6. The summed E-state index contributed by atoms with van der Waals surface area (Å²) < 4.78 is 10.6. The molecule has 0 N–H and O–H groups in total. The summed E-state index contributed by atoms with van der Waals surface area (Å²) in [4.78, 5) is 19.7. The first-order valence-corrected chi connectivity index (χ1v) is 10.1. The Labute approximate surface area is 174 Å². The molecule has 0 unspecified atom stereocenters. The lowest BCUT2D eigenvalue weighted by atomic mass is 10.2. The van der Waals surface area contributed by atoms with Gasteiger partial charge in [0.05, 0.1) is 29.3 Å². The van der Waals surface area contributed by atoms with E-state index in [2.05, 4.69) is 4.99 Å². The van der Waals surface area contributed by atoms with Crippen LogP contribution < -0.4 is 9.47 Å². The molecule has 0 bridgehead atoms. The number of methoxy groups -OCH3 is 1. The quantitative estimate of drug-likeness (QED) is 0.594. The molecule has 0 aromatic heterocycles. The van der Waals surface area contributed by atoms with Crippen LogP contribution >= 0.6 is 23.4 Å². The van der Waals surface area contributed by atoms with Crippen LogP contribution in [0.15, 0.2) is 52.4 Å². The maximum absolute atomic E-state index is 12.8. The van der Waals surface area contributed by atoms with Crippen LogP contribution in [0.4, 0.5) is 5.69 Å². The molecule has 7 heteroatoms. The van der Waals surface area contributed by atoms with Crippen LogP contribution in [-0.4, -0.2) is 36.2 Å². The highest BCUT2D eigenvalue weighted by molar-refractivity contribution is 8.18. The van der Waals surface area contributed by atoms with E-state index in [1.807, 2.05) is 50.3 Å². The number of amidine groups is 1. The lowest BCUT2D eigenvalue weighted by Gasteiger charge is -2.12. The third-order valence-electron chi connectivity index (χ3n) is 4.05. The molecule has 2 aromatic rings. The summed E-state index contributed by atoms with van der Waals surface area (Å²) in [5.41, 5.74) is 1.60. The highest BCUT2D eigenvalue weighted by Gasteiger charge is 2.32. The van der Waals surface area contributed by atoms with Crippen molar-refractivity contribution in [3.63, 3.8) is 0 Å². The predicted molar refractivity (Wildman–Crippen MR) is 116 cm³/mol. The lowest BCUT2D eigenvalue weighted by molar-refractivity contribution is -0.122. The van der Waals surface area contributed by atoms with E-state index in [0.29, 0.717) is 34.0 Å². The van der Waals surface area contributed by atoms with Crippen molar-refractivity contribution in [3.8, 4) is 11.5 Å². The Kier molecular flexibility index (Phi) is 6.65. The maximum atomic E-state index is 12.8. The summed E-state index contributed by atoms with van der Waals surface area (Å²) >= 11 is 7.54. The van der Waals surface area contributed by atoms with Crippen molar-refractivity contribution in [1.29, 1.82) is 0 Å². The van der Waals surface area contributed by atoms with E-state index in [4.69, 9.17) is 21.1 Å². The Hall–Kier alpha value is -2.44. The van der Waals surface area contributed by atoms with Gasteiger partial charge in [0, 0.05) is 6.54 Å². The van der Waals surface area contributed by atoms with Gasteiger partial charge in [-0.2, -0.15) is 0 Å². The van der Waals surface area contributed by atoms with Gasteiger partial charge >= 0.3 is 0 Å². The number of carbonyl (C=O) groups excluding carboxylic acids is 1. The Balaban J connectivity index is 1.86. The highest BCUT2D eigenvalue weighted by Crippen LogP contribution is 2.35. The van der Waals surface area contributed by atoms with Crippen molar-refractivity contribution in [2.75, 3.05) is 20.3 Å². The predicted octanol–water partition coefficient (Wildman–Crippen LogP) is 5.37. The van der Waals surface area contributed by atoms with Crippen molar-refractivity contribution in [3.05, 3.63) is 58.0 Å². The molecule has 5 nitrogen and oxygen atoms in total. The highest BCUT2D eigenvalue weighted by atomic mass is 35.5. The van der Waals surface area contributed by atoms with Crippen LogP contribution in [0.25, 0.3) is 6.08 Å². The average Bonchev–Trinajstić information content (AvgIpc) is 2.98. The molecule has 3 rings (SSSR count). The second-order valence-electron chi connectivity index (χ2n) is 5.88. The molecule has 1 saturated heterocycles.